The lowest BCUT2D eigenvalue weighted by Gasteiger charge is -2.26. The van der Waals surface area contributed by atoms with Crippen molar-refractivity contribution < 1.29 is 4.39 Å². The first-order chi connectivity index (χ1) is 10.1. The molecule has 0 aliphatic rings. The molecule has 2 aromatic rings. The molecule has 2 aromatic carbocycles. The summed E-state index contributed by atoms with van der Waals surface area (Å²) in [5, 5.41) is 12.3. The predicted octanol–water partition coefficient (Wildman–Crippen LogP) is 3.75. The van der Waals surface area contributed by atoms with Gasteiger partial charge in [0.25, 0.3) is 0 Å². The first-order valence-corrected chi connectivity index (χ1v) is 6.78. The molecule has 0 radical (unpaired) electrons. The zero-order valence-electron chi connectivity index (χ0n) is 12.4. The van der Waals surface area contributed by atoms with E-state index in [1.807, 2.05) is 43.1 Å². The minimum Gasteiger partial charge on any atom is -0.343 e. The summed E-state index contributed by atoms with van der Waals surface area (Å²) >= 11 is 0. The van der Waals surface area contributed by atoms with Gasteiger partial charge in [-0.25, -0.2) is 4.39 Å². The van der Waals surface area contributed by atoms with E-state index in [-0.39, 0.29) is 11.9 Å². The SMILES string of the molecule is CNC(C)c1c(F)cccc1N(C)c1ccccc1C#N. The number of nitrogens with zero attached hydrogens (tertiary/aromatic N) is 2. The van der Waals surface area contributed by atoms with E-state index >= 15 is 0 Å². The van der Waals surface area contributed by atoms with Gasteiger partial charge in [0.15, 0.2) is 0 Å². The number of rotatable bonds is 4. The Bertz CT molecular complexity index is 676. The molecule has 0 saturated heterocycles. The van der Waals surface area contributed by atoms with E-state index in [1.165, 1.54) is 6.07 Å². The van der Waals surface area contributed by atoms with E-state index in [0.29, 0.717) is 11.1 Å². The third-order valence-electron chi connectivity index (χ3n) is 3.64. The Morgan fingerprint density at radius 2 is 1.81 bits per heavy atom. The van der Waals surface area contributed by atoms with Gasteiger partial charge in [-0.05, 0) is 38.2 Å². The molecule has 0 bridgehead atoms. The van der Waals surface area contributed by atoms with Crippen molar-refractivity contribution in [2.24, 2.45) is 0 Å². The molecular formula is C17H18FN3. The van der Waals surface area contributed by atoms with Crippen LogP contribution in [0, 0.1) is 17.1 Å². The zero-order valence-corrected chi connectivity index (χ0v) is 12.4. The molecule has 108 valence electrons. The van der Waals surface area contributed by atoms with E-state index < -0.39 is 0 Å². The molecule has 3 nitrogen and oxygen atoms in total. The lowest BCUT2D eigenvalue weighted by Crippen LogP contribution is -2.20. The van der Waals surface area contributed by atoms with Crippen LogP contribution in [0.2, 0.25) is 0 Å². The van der Waals surface area contributed by atoms with Crippen LogP contribution in [0.5, 0.6) is 0 Å². The van der Waals surface area contributed by atoms with Crippen molar-refractivity contribution >= 4 is 11.4 Å². The third-order valence-corrected chi connectivity index (χ3v) is 3.64. The molecule has 1 atom stereocenters. The van der Waals surface area contributed by atoms with E-state index in [2.05, 4.69) is 11.4 Å². The average molecular weight is 283 g/mol. The van der Waals surface area contributed by atoms with Crippen LogP contribution in [0.15, 0.2) is 42.5 Å². The van der Waals surface area contributed by atoms with E-state index in [9.17, 15) is 9.65 Å². The second-order valence-electron chi connectivity index (χ2n) is 4.87. The van der Waals surface area contributed by atoms with E-state index in [0.717, 1.165) is 11.4 Å². The molecule has 21 heavy (non-hydrogen) atoms. The molecule has 4 heteroatoms. The largest absolute Gasteiger partial charge is 0.343 e. The van der Waals surface area contributed by atoms with Crippen LogP contribution < -0.4 is 10.2 Å². The van der Waals surface area contributed by atoms with Crippen LogP contribution in [0.3, 0.4) is 0 Å². The summed E-state index contributed by atoms with van der Waals surface area (Å²) in [6, 6.07) is 14.3. The number of benzene rings is 2. The maximum absolute atomic E-state index is 14.2. The molecular weight excluding hydrogens is 265 g/mol. The highest BCUT2D eigenvalue weighted by Gasteiger charge is 2.18. The van der Waals surface area contributed by atoms with Crippen molar-refractivity contribution in [3.05, 3.63) is 59.4 Å². The van der Waals surface area contributed by atoms with Gasteiger partial charge in [0.1, 0.15) is 11.9 Å². The molecule has 0 heterocycles. The molecule has 0 aromatic heterocycles. The minimum absolute atomic E-state index is 0.127. The number of hydrogen-bond donors (Lipinski definition) is 1. The number of anilines is 2. The fourth-order valence-electron chi connectivity index (χ4n) is 2.38. The fraction of sp³-hybridized carbons (Fsp3) is 0.235. The quantitative estimate of drug-likeness (QED) is 0.929. The highest BCUT2D eigenvalue weighted by molar-refractivity contribution is 5.71. The summed E-state index contributed by atoms with van der Waals surface area (Å²) in [7, 11) is 3.64. The number of para-hydroxylation sites is 1. The second kappa shape index (κ2) is 6.38. The van der Waals surface area contributed by atoms with Crippen LogP contribution >= 0.6 is 0 Å². The van der Waals surface area contributed by atoms with Crippen molar-refractivity contribution in [2.45, 2.75) is 13.0 Å². The standard InChI is InChI=1S/C17H18FN3/c1-12(20-2)17-14(18)8-6-10-16(17)21(3)15-9-5-4-7-13(15)11-19/h4-10,12,20H,1-3H3. The Kier molecular flexibility index (Phi) is 4.56. The molecule has 2 rings (SSSR count). The Balaban J connectivity index is 2.57. The highest BCUT2D eigenvalue weighted by Crippen LogP contribution is 2.33. The molecule has 0 spiro atoms. The maximum Gasteiger partial charge on any atom is 0.130 e. The van der Waals surface area contributed by atoms with Crippen LogP contribution in [-0.4, -0.2) is 14.1 Å². The second-order valence-corrected chi connectivity index (χ2v) is 4.87. The lowest BCUT2D eigenvalue weighted by atomic mass is 10.0. The summed E-state index contributed by atoms with van der Waals surface area (Å²) in [5.74, 6) is -0.254. The minimum atomic E-state index is -0.254. The third kappa shape index (κ3) is 2.88. The fourth-order valence-corrected chi connectivity index (χ4v) is 2.38. The number of nitriles is 1. The summed E-state index contributed by atoms with van der Waals surface area (Å²) in [6.45, 7) is 1.91. The number of nitrogens with one attached hydrogen (secondary N) is 1. The highest BCUT2D eigenvalue weighted by atomic mass is 19.1. The molecule has 1 N–H and O–H groups in total. The average Bonchev–Trinajstić information content (AvgIpc) is 2.53. The van der Waals surface area contributed by atoms with Gasteiger partial charge in [-0.1, -0.05) is 18.2 Å². The topological polar surface area (TPSA) is 39.1 Å². The van der Waals surface area contributed by atoms with E-state index in [4.69, 9.17) is 0 Å². The van der Waals surface area contributed by atoms with Gasteiger partial charge in [-0.15, -0.1) is 0 Å². The predicted molar refractivity (Wildman–Crippen MR) is 83.1 cm³/mol. The van der Waals surface area contributed by atoms with Gasteiger partial charge in [0.2, 0.25) is 0 Å². The van der Waals surface area contributed by atoms with Crippen molar-refractivity contribution in [1.29, 1.82) is 5.26 Å². The lowest BCUT2D eigenvalue weighted by molar-refractivity contribution is 0.562. The van der Waals surface area contributed by atoms with Crippen LogP contribution in [0.25, 0.3) is 0 Å². The maximum atomic E-state index is 14.2. The van der Waals surface area contributed by atoms with Crippen molar-refractivity contribution in [3.63, 3.8) is 0 Å². The first kappa shape index (κ1) is 15.0. The molecule has 0 fully saturated rings. The Morgan fingerprint density at radius 3 is 2.48 bits per heavy atom. The van der Waals surface area contributed by atoms with Crippen LogP contribution in [0.4, 0.5) is 15.8 Å². The van der Waals surface area contributed by atoms with Crippen LogP contribution in [0.1, 0.15) is 24.1 Å². The van der Waals surface area contributed by atoms with Gasteiger partial charge >= 0.3 is 0 Å². The van der Waals surface area contributed by atoms with Gasteiger partial charge in [-0.2, -0.15) is 5.26 Å². The molecule has 0 saturated carbocycles. The summed E-state index contributed by atoms with van der Waals surface area (Å²) < 4.78 is 14.2. The number of halogens is 1. The Morgan fingerprint density at radius 1 is 1.14 bits per heavy atom. The smallest absolute Gasteiger partial charge is 0.130 e. The Hall–Kier alpha value is -2.38. The Labute approximate surface area is 124 Å². The molecule has 0 amide bonds. The normalized spacial score (nSPS) is 11.8. The van der Waals surface area contributed by atoms with Crippen LogP contribution in [-0.2, 0) is 0 Å². The number of hydrogen-bond acceptors (Lipinski definition) is 3. The summed E-state index contributed by atoms with van der Waals surface area (Å²) in [4.78, 5) is 1.85. The zero-order chi connectivity index (χ0) is 15.4. The van der Waals surface area contributed by atoms with Gasteiger partial charge in [0.05, 0.1) is 11.3 Å². The van der Waals surface area contributed by atoms with Crippen molar-refractivity contribution in [3.8, 4) is 6.07 Å². The van der Waals surface area contributed by atoms with E-state index in [1.54, 1.807) is 19.2 Å². The molecule has 0 aliphatic carbocycles. The van der Waals surface area contributed by atoms with Gasteiger partial charge < -0.3 is 10.2 Å². The first-order valence-electron chi connectivity index (χ1n) is 6.78. The molecule has 0 aliphatic heterocycles. The summed E-state index contributed by atoms with van der Waals surface area (Å²) in [6.07, 6.45) is 0. The van der Waals surface area contributed by atoms with Gasteiger partial charge in [0, 0.05) is 24.3 Å². The van der Waals surface area contributed by atoms with Crippen molar-refractivity contribution in [2.75, 3.05) is 19.0 Å². The monoisotopic (exact) mass is 283 g/mol. The van der Waals surface area contributed by atoms with Crippen molar-refractivity contribution in [1.82, 2.24) is 5.32 Å². The van der Waals surface area contributed by atoms with Gasteiger partial charge in [-0.3, -0.25) is 0 Å². The summed E-state index contributed by atoms with van der Waals surface area (Å²) in [5.41, 5.74) is 2.66. The molecule has 1 unspecified atom stereocenters.